The van der Waals surface area contributed by atoms with E-state index in [0.717, 1.165) is 50.3 Å². The SMILES string of the molecule is c1ccc2cc(-c3ccc(N(c4ccc(-c5ccc(-c6coc7ccncc67)cc5)cc4)c4ccc(-c5ccc6ccccc6c5)cc4)cc3)ccc2c1. The van der Waals surface area contributed by atoms with Crippen LogP contribution in [0.3, 0.4) is 0 Å². The van der Waals surface area contributed by atoms with E-state index in [9.17, 15) is 0 Å². The van der Waals surface area contributed by atoms with Crippen molar-refractivity contribution in [1.29, 1.82) is 0 Å². The molecular formula is C51H34N2O. The van der Waals surface area contributed by atoms with Gasteiger partial charge in [0, 0.05) is 40.4 Å². The van der Waals surface area contributed by atoms with Gasteiger partial charge < -0.3 is 9.32 Å². The van der Waals surface area contributed by atoms with E-state index in [1.165, 1.54) is 43.8 Å². The standard InChI is InChI=1S/C51H34N2O/c1-3-7-42-31-44(15-11-35(42)5-1)39-19-25-47(26-20-39)53(48-27-21-40(22-28-48)45-16-12-36-6-2-4-8-43(36)32-45)46-23-17-38(18-24-46)37-9-13-41(14-10-37)50-34-54-51-29-30-52-33-49(50)51/h1-34H. The van der Waals surface area contributed by atoms with Gasteiger partial charge >= 0.3 is 0 Å². The van der Waals surface area contributed by atoms with Crippen molar-refractivity contribution in [3.05, 3.63) is 207 Å². The molecule has 0 atom stereocenters. The van der Waals surface area contributed by atoms with Crippen LogP contribution < -0.4 is 4.90 Å². The largest absolute Gasteiger partial charge is 0.464 e. The number of rotatable bonds is 7. The number of anilines is 3. The number of pyridine rings is 1. The molecule has 0 aliphatic heterocycles. The number of nitrogens with zero attached hydrogens (tertiary/aromatic N) is 2. The number of hydrogen-bond donors (Lipinski definition) is 0. The third-order valence-electron chi connectivity index (χ3n) is 10.4. The molecule has 10 aromatic rings. The number of aromatic nitrogens is 1. The van der Waals surface area contributed by atoms with E-state index in [0.29, 0.717) is 0 Å². The molecule has 3 heteroatoms. The quantitative estimate of drug-likeness (QED) is 0.167. The van der Waals surface area contributed by atoms with Crippen LogP contribution in [0.1, 0.15) is 0 Å². The number of fused-ring (bicyclic) bond motifs is 3. The van der Waals surface area contributed by atoms with Gasteiger partial charge in [-0.2, -0.15) is 0 Å². The van der Waals surface area contributed by atoms with Gasteiger partial charge in [-0.05, 0) is 115 Å². The molecule has 0 bridgehead atoms. The predicted octanol–water partition coefficient (Wildman–Crippen LogP) is 14.3. The maximum Gasteiger partial charge on any atom is 0.137 e. The highest BCUT2D eigenvalue weighted by atomic mass is 16.3. The summed E-state index contributed by atoms with van der Waals surface area (Å²) in [5, 5.41) is 6.01. The van der Waals surface area contributed by atoms with Crippen molar-refractivity contribution >= 4 is 49.6 Å². The third-order valence-corrected chi connectivity index (χ3v) is 10.4. The van der Waals surface area contributed by atoms with Gasteiger partial charge in [0.1, 0.15) is 5.58 Å². The summed E-state index contributed by atoms with van der Waals surface area (Å²) < 4.78 is 5.77. The Balaban J connectivity index is 0.985. The fourth-order valence-electron chi connectivity index (χ4n) is 7.53. The molecule has 254 valence electrons. The van der Waals surface area contributed by atoms with Crippen molar-refractivity contribution in [2.24, 2.45) is 0 Å². The minimum Gasteiger partial charge on any atom is -0.464 e. The molecule has 0 radical (unpaired) electrons. The van der Waals surface area contributed by atoms with Crippen LogP contribution in [-0.4, -0.2) is 4.98 Å². The summed E-state index contributed by atoms with van der Waals surface area (Å²) in [6, 6.07) is 67.6. The molecular weight excluding hydrogens is 657 g/mol. The molecule has 0 saturated heterocycles. The van der Waals surface area contributed by atoms with Crippen LogP contribution in [0.15, 0.2) is 211 Å². The van der Waals surface area contributed by atoms with Gasteiger partial charge in [0.15, 0.2) is 0 Å². The van der Waals surface area contributed by atoms with Crippen LogP contribution in [0.25, 0.3) is 77.0 Å². The van der Waals surface area contributed by atoms with Crippen molar-refractivity contribution < 1.29 is 4.42 Å². The Labute approximate surface area is 314 Å². The lowest BCUT2D eigenvalue weighted by molar-refractivity contribution is 0.616. The van der Waals surface area contributed by atoms with Gasteiger partial charge in [-0.15, -0.1) is 0 Å². The summed E-state index contributed by atoms with van der Waals surface area (Å²) in [6.45, 7) is 0. The van der Waals surface area contributed by atoms with Crippen LogP contribution in [-0.2, 0) is 0 Å². The fourth-order valence-corrected chi connectivity index (χ4v) is 7.53. The second-order valence-corrected chi connectivity index (χ2v) is 13.7. The molecule has 0 spiro atoms. The summed E-state index contributed by atoms with van der Waals surface area (Å²) in [6.07, 6.45) is 5.43. The minimum atomic E-state index is 0.843. The van der Waals surface area contributed by atoms with Gasteiger partial charge in [-0.3, -0.25) is 4.98 Å². The number of benzene rings is 8. The van der Waals surface area contributed by atoms with Gasteiger partial charge in [0.25, 0.3) is 0 Å². The normalized spacial score (nSPS) is 11.3. The molecule has 2 aromatic heterocycles. The van der Waals surface area contributed by atoms with Gasteiger partial charge in [-0.1, -0.05) is 133 Å². The summed E-state index contributed by atoms with van der Waals surface area (Å²) in [5.41, 5.74) is 13.4. The summed E-state index contributed by atoms with van der Waals surface area (Å²) in [5.74, 6) is 0. The number of hydrogen-bond acceptors (Lipinski definition) is 3. The molecule has 8 aromatic carbocycles. The van der Waals surface area contributed by atoms with E-state index in [4.69, 9.17) is 4.42 Å². The molecule has 0 saturated carbocycles. The second kappa shape index (κ2) is 13.4. The van der Waals surface area contributed by atoms with Gasteiger partial charge in [0.2, 0.25) is 0 Å². The average molecular weight is 691 g/mol. The molecule has 2 heterocycles. The Morgan fingerprint density at radius 3 is 1.28 bits per heavy atom. The molecule has 54 heavy (non-hydrogen) atoms. The molecule has 0 aliphatic rings. The zero-order valence-electron chi connectivity index (χ0n) is 29.4. The van der Waals surface area contributed by atoms with E-state index in [1.54, 1.807) is 6.20 Å². The van der Waals surface area contributed by atoms with Gasteiger partial charge in [0.05, 0.1) is 6.26 Å². The highest BCUT2D eigenvalue weighted by Crippen LogP contribution is 2.39. The Bertz CT molecular complexity index is 2780. The first kappa shape index (κ1) is 31.5. The van der Waals surface area contributed by atoms with Crippen molar-refractivity contribution in [3.63, 3.8) is 0 Å². The third kappa shape index (κ3) is 5.88. The van der Waals surface area contributed by atoms with E-state index >= 15 is 0 Å². The monoisotopic (exact) mass is 690 g/mol. The molecule has 0 aliphatic carbocycles. The van der Waals surface area contributed by atoms with Crippen molar-refractivity contribution in [2.45, 2.75) is 0 Å². The topological polar surface area (TPSA) is 29.3 Å². The number of furan rings is 1. The first-order valence-electron chi connectivity index (χ1n) is 18.2. The maximum absolute atomic E-state index is 5.77. The lowest BCUT2D eigenvalue weighted by Gasteiger charge is -2.26. The van der Waals surface area contributed by atoms with Crippen LogP contribution in [0.5, 0.6) is 0 Å². The van der Waals surface area contributed by atoms with Crippen LogP contribution in [0.4, 0.5) is 17.1 Å². The Morgan fingerprint density at radius 1 is 0.370 bits per heavy atom. The van der Waals surface area contributed by atoms with E-state index in [2.05, 4.69) is 192 Å². The van der Waals surface area contributed by atoms with Gasteiger partial charge in [-0.25, -0.2) is 0 Å². The first-order valence-corrected chi connectivity index (χ1v) is 18.2. The second-order valence-electron chi connectivity index (χ2n) is 13.7. The van der Waals surface area contributed by atoms with Crippen LogP contribution in [0.2, 0.25) is 0 Å². The lowest BCUT2D eigenvalue weighted by atomic mass is 9.99. The lowest BCUT2D eigenvalue weighted by Crippen LogP contribution is -2.09. The van der Waals surface area contributed by atoms with E-state index < -0.39 is 0 Å². The van der Waals surface area contributed by atoms with Crippen molar-refractivity contribution in [1.82, 2.24) is 4.98 Å². The van der Waals surface area contributed by atoms with E-state index in [-0.39, 0.29) is 0 Å². The zero-order chi connectivity index (χ0) is 35.8. The molecule has 0 unspecified atom stereocenters. The molecule has 0 N–H and O–H groups in total. The maximum atomic E-state index is 5.77. The smallest absolute Gasteiger partial charge is 0.137 e. The molecule has 3 nitrogen and oxygen atoms in total. The highest BCUT2D eigenvalue weighted by molar-refractivity contribution is 5.94. The zero-order valence-corrected chi connectivity index (χ0v) is 29.4. The molecule has 0 fully saturated rings. The summed E-state index contributed by atoms with van der Waals surface area (Å²) >= 11 is 0. The fraction of sp³-hybridized carbons (Fsp3) is 0. The Morgan fingerprint density at radius 2 is 0.778 bits per heavy atom. The van der Waals surface area contributed by atoms with E-state index in [1.807, 2.05) is 18.5 Å². The molecule has 0 amide bonds. The summed E-state index contributed by atoms with van der Waals surface area (Å²) in [4.78, 5) is 6.63. The predicted molar refractivity (Wildman–Crippen MR) is 225 cm³/mol. The first-order chi connectivity index (χ1) is 26.7. The minimum absolute atomic E-state index is 0.843. The van der Waals surface area contributed by atoms with Crippen molar-refractivity contribution in [3.8, 4) is 44.5 Å². The summed E-state index contributed by atoms with van der Waals surface area (Å²) in [7, 11) is 0. The highest BCUT2D eigenvalue weighted by Gasteiger charge is 2.15. The van der Waals surface area contributed by atoms with Crippen LogP contribution in [0, 0.1) is 0 Å². The Hall–Kier alpha value is -7.23. The Kier molecular flexibility index (Phi) is 7.81. The average Bonchev–Trinajstić information content (AvgIpc) is 3.69. The van der Waals surface area contributed by atoms with Crippen molar-refractivity contribution in [2.75, 3.05) is 4.90 Å². The van der Waals surface area contributed by atoms with Crippen LogP contribution >= 0.6 is 0 Å². The molecule has 10 rings (SSSR count).